The Morgan fingerprint density at radius 1 is 1.60 bits per heavy atom. The summed E-state index contributed by atoms with van der Waals surface area (Å²) >= 11 is 0. The van der Waals surface area contributed by atoms with Gasteiger partial charge in [0.2, 0.25) is 0 Å². The Morgan fingerprint density at radius 2 is 2.40 bits per heavy atom. The van der Waals surface area contributed by atoms with Crippen molar-refractivity contribution in [1.82, 2.24) is 10.2 Å². The third-order valence-electron chi connectivity index (χ3n) is 1.10. The summed E-state index contributed by atoms with van der Waals surface area (Å²) in [5.74, 6) is 0. The smallest absolute Gasteiger partial charge is 0.139 e. The van der Waals surface area contributed by atoms with Crippen LogP contribution in [0.4, 0.5) is 0 Å². The van der Waals surface area contributed by atoms with Gasteiger partial charge < -0.3 is 0 Å². The summed E-state index contributed by atoms with van der Waals surface area (Å²) in [5, 5.41) is 22.8. The molecule has 48 valence electrons. The Balaban J connectivity index is 2.96. The molecule has 0 bridgehead atoms. The van der Waals surface area contributed by atoms with E-state index >= 15 is 0 Å². The minimum absolute atomic E-state index is 0.236. The Bertz CT molecular complexity index is 298. The molecule has 1 aromatic heterocycles. The van der Waals surface area contributed by atoms with E-state index in [0.717, 1.165) is 0 Å². The van der Waals surface area contributed by atoms with Crippen LogP contribution in [-0.2, 0) is 6.42 Å². The first kappa shape index (κ1) is 6.31. The topological polar surface area (TPSA) is 76.3 Å². The van der Waals surface area contributed by atoms with Crippen molar-refractivity contribution < 1.29 is 0 Å². The van der Waals surface area contributed by atoms with Crippen LogP contribution in [-0.4, -0.2) is 10.2 Å². The number of nitriles is 2. The Hall–Kier alpha value is -1.81. The maximum atomic E-state index is 8.40. The minimum atomic E-state index is 0.236. The SMILES string of the molecule is N#CCc1cn[nH]c1C#N. The van der Waals surface area contributed by atoms with Crippen molar-refractivity contribution in [3.05, 3.63) is 17.5 Å². The van der Waals surface area contributed by atoms with Crippen LogP contribution in [0, 0.1) is 22.7 Å². The summed E-state index contributed by atoms with van der Waals surface area (Å²) in [6.45, 7) is 0. The van der Waals surface area contributed by atoms with Crippen molar-refractivity contribution in [1.29, 1.82) is 10.5 Å². The van der Waals surface area contributed by atoms with Gasteiger partial charge in [0.15, 0.2) is 0 Å². The van der Waals surface area contributed by atoms with Gasteiger partial charge in [-0.1, -0.05) is 0 Å². The van der Waals surface area contributed by atoms with Crippen LogP contribution in [0.1, 0.15) is 11.3 Å². The summed E-state index contributed by atoms with van der Waals surface area (Å²) < 4.78 is 0. The first-order chi connectivity index (χ1) is 4.88. The molecule has 0 aliphatic heterocycles. The Kier molecular flexibility index (Phi) is 1.67. The second-order valence-corrected chi connectivity index (χ2v) is 1.72. The lowest BCUT2D eigenvalue weighted by molar-refractivity contribution is 1.07. The molecule has 0 aliphatic rings. The number of nitrogens with zero attached hydrogens (tertiary/aromatic N) is 3. The number of aromatic nitrogens is 2. The number of nitrogens with one attached hydrogen (secondary N) is 1. The molecule has 0 amide bonds. The molecular weight excluding hydrogens is 128 g/mol. The molecule has 0 aliphatic carbocycles. The predicted molar refractivity (Wildman–Crippen MR) is 32.6 cm³/mol. The summed E-state index contributed by atoms with van der Waals surface area (Å²) in [6.07, 6.45) is 1.72. The maximum Gasteiger partial charge on any atom is 0.139 e. The molecule has 1 heterocycles. The first-order valence-electron chi connectivity index (χ1n) is 2.67. The summed E-state index contributed by atoms with van der Waals surface area (Å²) in [6, 6.07) is 3.82. The highest BCUT2D eigenvalue weighted by Crippen LogP contribution is 2.01. The van der Waals surface area contributed by atoms with E-state index in [4.69, 9.17) is 10.5 Å². The lowest BCUT2D eigenvalue weighted by Crippen LogP contribution is -1.82. The largest absolute Gasteiger partial charge is 0.268 e. The van der Waals surface area contributed by atoms with Gasteiger partial charge in [-0.05, 0) is 0 Å². The van der Waals surface area contributed by atoms with E-state index < -0.39 is 0 Å². The molecule has 4 heteroatoms. The van der Waals surface area contributed by atoms with Crippen LogP contribution < -0.4 is 0 Å². The first-order valence-corrected chi connectivity index (χ1v) is 2.67. The van der Waals surface area contributed by atoms with Gasteiger partial charge in [-0.25, -0.2) is 0 Å². The summed E-state index contributed by atoms with van der Waals surface area (Å²) in [4.78, 5) is 0. The molecule has 0 unspecified atom stereocenters. The quantitative estimate of drug-likeness (QED) is 0.598. The fourth-order valence-corrected chi connectivity index (χ4v) is 0.627. The molecule has 1 rings (SSSR count). The molecule has 0 atom stereocenters. The zero-order chi connectivity index (χ0) is 7.40. The fourth-order valence-electron chi connectivity index (χ4n) is 0.627. The monoisotopic (exact) mass is 132 g/mol. The molecule has 0 saturated heterocycles. The van der Waals surface area contributed by atoms with Crippen LogP contribution >= 0.6 is 0 Å². The van der Waals surface area contributed by atoms with Crippen molar-refractivity contribution in [3.8, 4) is 12.1 Å². The second kappa shape index (κ2) is 2.65. The van der Waals surface area contributed by atoms with Gasteiger partial charge in [-0.2, -0.15) is 15.6 Å². The molecule has 0 fully saturated rings. The molecule has 10 heavy (non-hydrogen) atoms. The van der Waals surface area contributed by atoms with Crippen molar-refractivity contribution in [3.63, 3.8) is 0 Å². The zero-order valence-corrected chi connectivity index (χ0v) is 5.13. The van der Waals surface area contributed by atoms with Gasteiger partial charge in [0, 0.05) is 5.56 Å². The molecule has 1 aromatic rings. The van der Waals surface area contributed by atoms with Gasteiger partial charge in [0.05, 0.1) is 18.7 Å². The molecule has 0 spiro atoms. The van der Waals surface area contributed by atoms with E-state index in [9.17, 15) is 0 Å². The van der Waals surface area contributed by atoms with Crippen LogP contribution in [0.2, 0.25) is 0 Å². The third-order valence-corrected chi connectivity index (χ3v) is 1.10. The van der Waals surface area contributed by atoms with Crippen molar-refractivity contribution in [2.24, 2.45) is 0 Å². The van der Waals surface area contributed by atoms with Gasteiger partial charge >= 0.3 is 0 Å². The summed E-state index contributed by atoms with van der Waals surface area (Å²) in [7, 11) is 0. The third kappa shape index (κ3) is 0.958. The minimum Gasteiger partial charge on any atom is -0.268 e. The normalized spacial score (nSPS) is 8.20. The zero-order valence-electron chi connectivity index (χ0n) is 5.13. The van der Waals surface area contributed by atoms with Crippen molar-refractivity contribution in [2.75, 3.05) is 0 Å². The molecule has 4 nitrogen and oxygen atoms in total. The van der Waals surface area contributed by atoms with Gasteiger partial charge in [-0.15, -0.1) is 0 Å². The highest BCUT2D eigenvalue weighted by molar-refractivity contribution is 5.30. The van der Waals surface area contributed by atoms with E-state index in [1.54, 1.807) is 0 Å². The van der Waals surface area contributed by atoms with Gasteiger partial charge in [0.25, 0.3) is 0 Å². The molecule has 1 N–H and O–H groups in total. The number of hydrogen-bond donors (Lipinski definition) is 1. The molecule has 0 aromatic carbocycles. The van der Waals surface area contributed by atoms with E-state index in [1.807, 2.05) is 12.1 Å². The van der Waals surface area contributed by atoms with E-state index in [-0.39, 0.29) is 6.42 Å². The van der Waals surface area contributed by atoms with Crippen LogP contribution in [0.5, 0.6) is 0 Å². The predicted octanol–water partition coefficient (Wildman–Crippen LogP) is 0.347. The average molecular weight is 132 g/mol. The van der Waals surface area contributed by atoms with E-state index in [0.29, 0.717) is 11.3 Å². The molecule has 0 radical (unpaired) electrons. The fraction of sp³-hybridized carbons (Fsp3) is 0.167. The number of aromatic amines is 1. The highest BCUT2D eigenvalue weighted by atomic mass is 15.1. The van der Waals surface area contributed by atoms with E-state index in [2.05, 4.69) is 10.2 Å². The van der Waals surface area contributed by atoms with Crippen molar-refractivity contribution in [2.45, 2.75) is 6.42 Å². The number of H-pyrrole nitrogens is 1. The molecule has 0 saturated carbocycles. The lowest BCUT2D eigenvalue weighted by Gasteiger charge is -1.82. The van der Waals surface area contributed by atoms with Crippen LogP contribution in [0.15, 0.2) is 6.20 Å². The summed E-state index contributed by atoms with van der Waals surface area (Å²) in [5.41, 5.74) is 1.03. The van der Waals surface area contributed by atoms with Gasteiger partial charge in [0.1, 0.15) is 11.8 Å². The average Bonchev–Trinajstić information content (AvgIpc) is 2.36. The highest BCUT2D eigenvalue weighted by Gasteiger charge is 2.01. The number of rotatable bonds is 1. The lowest BCUT2D eigenvalue weighted by atomic mass is 10.2. The Morgan fingerprint density at radius 3 is 3.00 bits per heavy atom. The van der Waals surface area contributed by atoms with Crippen LogP contribution in [0.25, 0.3) is 0 Å². The number of hydrogen-bond acceptors (Lipinski definition) is 3. The van der Waals surface area contributed by atoms with E-state index in [1.165, 1.54) is 6.20 Å². The van der Waals surface area contributed by atoms with Gasteiger partial charge in [-0.3, -0.25) is 5.10 Å². The Labute approximate surface area is 57.7 Å². The molecular formula is C6H4N4. The van der Waals surface area contributed by atoms with Crippen LogP contribution in [0.3, 0.4) is 0 Å². The second-order valence-electron chi connectivity index (χ2n) is 1.72. The maximum absolute atomic E-state index is 8.40. The van der Waals surface area contributed by atoms with Crippen molar-refractivity contribution >= 4 is 0 Å². The standard InChI is InChI=1S/C6H4N4/c7-2-1-5-4-9-10-6(5)3-8/h4H,1H2,(H,9,10).